The largest absolute Gasteiger partial charge is 0.356 e. The van der Waals surface area contributed by atoms with E-state index in [9.17, 15) is 9.59 Å². The Bertz CT molecular complexity index is 1090. The molecule has 0 spiro atoms. The molecule has 2 amide bonds. The highest BCUT2D eigenvalue weighted by Gasteiger charge is 2.44. The molecule has 32 heavy (non-hydrogen) atoms. The van der Waals surface area contributed by atoms with Crippen LogP contribution in [0.5, 0.6) is 0 Å². The van der Waals surface area contributed by atoms with Crippen LogP contribution in [0.1, 0.15) is 35.8 Å². The number of carbonyl (C=O) groups is 2. The summed E-state index contributed by atoms with van der Waals surface area (Å²) in [4.78, 5) is 32.6. The van der Waals surface area contributed by atoms with Crippen molar-refractivity contribution in [2.75, 3.05) is 19.6 Å². The first kappa shape index (κ1) is 21.7. The fourth-order valence-electron chi connectivity index (χ4n) is 4.66. The number of aromatic nitrogens is 3. The van der Waals surface area contributed by atoms with E-state index < -0.39 is 5.41 Å². The summed E-state index contributed by atoms with van der Waals surface area (Å²) in [5, 5.41) is 7.17. The monoisotopic (exact) mass is 431 g/mol. The molecule has 0 radical (unpaired) electrons. The Morgan fingerprint density at radius 3 is 2.59 bits per heavy atom. The van der Waals surface area contributed by atoms with E-state index in [0.717, 1.165) is 29.5 Å². The minimum atomic E-state index is -0.689. The first-order valence-corrected chi connectivity index (χ1v) is 11.1. The molecule has 1 aliphatic rings. The van der Waals surface area contributed by atoms with Crippen LogP contribution in [0, 0.1) is 5.41 Å². The van der Waals surface area contributed by atoms with Gasteiger partial charge in [-0.2, -0.15) is 5.10 Å². The van der Waals surface area contributed by atoms with E-state index in [-0.39, 0.29) is 11.8 Å². The van der Waals surface area contributed by atoms with Crippen molar-refractivity contribution in [2.24, 2.45) is 12.5 Å². The predicted octanol–water partition coefficient (Wildman–Crippen LogP) is 3.08. The summed E-state index contributed by atoms with van der Waals surface area (Å²) in [6.45, 7) is 3.50. The van der Waals surface area contributed by atoms with Gasteiger partial charge in [-0.3, -0.25) is 19.3 Å². The zero-order valence-electron chi connectivity index (χ0n) is 18.6. The Kier molecular flexibility index (Phi) is 6.35. The maximum Gasteiger partial charge on any atom is 0.272 e. The molecule has 2 aromatic heterocycles. The average Bonchev–Trinajstić information content (AvgIpc) is 3.25. The number of hydrogen-bond donors (Lipinski definition) is 1. The van der Waals surface area contributed by atoms with Gasteiger partial charge >= 0.3 is 0 Å². The molecule has 1 fully saturated rings. The number of rotatable bonds is 6. The van der Waals surface area contributed by atoms with Gasteiger partial charge in [-0.05, 0) is 61.1 Å². The van der Waals surface area contributed by atoms with Gasteiger partial charge in [0.1, 0.15) is 5.69 Å². The van der Waals surface area contributed by atoms with E-state index in [1.807, 2.05) is 36.1 Å². The first-order valence-electron chi connectivity index (χ1n) is 11.1. The van der Waals surface area contributed by atoms with Crippen LogP contribution in [0.3, 0.4) is 0 Å². The van der Waals surface area contributed by atoms with Crippen molar-refractivity contribution in [3.05, 3.63) is 72.3 Å². The number of likely N-dealkylation sites (tertiary alicyclic amines) is 1. The minimum absolute atomic E-state index is 0.00652. The smallest absolute Gasteiger partial charge is 0.272 e. The molecule has 0 saturated carbocycles. The maximum absolute atomic E-state index is 13.4. The number of carbonyl (C=O) groups excluding carboxylic acids is 2. The van der Waals surface area contributed by atoms with Gasteiger partial charge in [0, 0.05) is 45.3 Å². The van der Waals surface area contributed by atoms with Crippen molar-refractivity contribution in [1.29, 1.82) is 0 Å². The molecule has 1 atom stereocenters. The zero-order valence-corrected chi connectivity index (χ0v) is 18.6. The average molecular weight is 432 g/mol. The standard InChI is InChI=1S/C25H29N5O2/c1-3-27-24(32)25(12-6-16-30(18-25)23(31)22-11-15-28-29(22)2)17-20-7-4-5-8-21(20)19-9-13-26-14-10-19/h4-5,7-11,13-15H,3,6,12,16-18H2,1-2H3,(H,27,32). The number of benzene rings is 1. The van der Waals surface area contributed by atoms with E-state index >= 15 is 0 Å². The lowest BCUT2D eigenvalue weighted by Gasteiger charge is -2.42. The second-order valence-corrected chi connectivity index (χ2v) is 8.38. The summed E-state index contributed by atoms with van der Waals surface area (Å²) < 4.78 is 1.59. The Morgan fingerprint density at radius 1 is 1.09 bits per heavy atom. The molecule has 1 aliphatic heterocycles. The summed E-state index contributed by atoms with van der Waals surface area (Å²) in [6, 6.07) is 13.9. The zero-order chi connectivity index (χ0) is 22.6. The molecular formula is C25H29N5O2. The number of pyridine rings is 1. The van der Waals surface area contributed by atoms with Crippen LogP contribution >= 0.6 is 0 Å². The van der Waals surface area contributed by atoms with Gasteiger partial charge in [0.2, 0.25) is 5.91 Å². The summed E-state index contributed by atoms with van der Waals surface area (Å²) in [6.07, 6.45) is 7.25. The highest BCUT2D eigenvalue weighted by atomic mass is 16.2. The van der Waals surface area contributed by atoms with Crippen LogP contribution in [0.4, 0.5) is 0 Å². The quantitative estimate of drug-likeness (QED) is 0.650. The van der Waals surface area contributed by atoms with Gasteiger partial charge in [0.15, 0.2) is 0 Å². The Labute approximate surface area is 188 Å². The molecule has 1 saturated heterocycles. The second-order valence-electron chi connectivity index (χ2n) is 8.38. The lowest BCUT2D eigenvalue weighted by atomic mass is 9.73. The summed E-state index contributed by atoms with van der Waals surface area (Å²) >= 11 is 0. The van der Waals surface area contributed by atoms with Crippen LogP contribution in [0.15, 0.2) is 61.1 Å². The molecule has 1 aromatic carbocycles. The first-order chi connectivity index (χ1) is 15.5. The second kappa shape index (κ2) is 9.34. The van der Waals surface area contributed by atoms with Crippen molar-refractivity contribution >= 4 is 11.8 Å². The van der Waals surface area contributed by atoms with Gasteiger partial charge < -0.3 is 10.2 Å². The molecule has 0 aliphatic carbocycles. The molecular weight excluding hydrogens is 402 g/mol. The molecule has 0 bridgehead atoms. The van der Waals surface area contributed by atoms with E-state index in [2.05, 4.69) is 27.5 Å². The third-order valence-corrected chi connectivity index (χ3v) is 6.26. The summed E-state index contributed by atoms with van der Waals surface area (Å²) in [7, 11) is 1.76. The SMILES string of the molecule is CCNC(=O)C1(Cc2ccccc2-c2ccncc2)CCCN(C(=O)c2ccnn2C)C1. The van der Waals surface area contributed by atoms with Crippen LogP contribution in [-0.2, 0) is 18.3 Å². The van der Waals surface area contributed by atoms with E-state index in [1.165, 1.54) is 0 Å². The number of piperidine rings is 1. The van der Waals surface area contributed by atoms with Gasteiger partial charge in [0.05, 0.1) is 5.41 Å². The van der Waals surface area contributed by atoms with Crippen LogP contribution < -0.4 is 5.32 Å². The van der Waals surface area contributed by atoms with E-state index in [0.29, 0.717) is 31.7 Å². The third-order valence-electron chi connectivity index (χ3n) is 6.26. The third kappa shape index (κ3) is 4.28. The molecule has 7 heteroatoms. The highest BCUT2D eigenvalue weighted by Crippen LogP contribution is 2.37. The van der Waals surface area contributed by atoms with Crippen LogP contribution in [0.2, 0.25) is 0 Å². The lowest BCUT2D eigenvalue weighted by Crippen LogP contribution is -2.54. The van der Waals surface area contributed by atoms with Crippen molar-refractivity contribution in [3.63, 3.8) is 0 Å². The number of aryl methyl sites for hydroxylation is 1. The molecule has 3 heterocycles. The minimum Gasteiger partial charge on any atom is -0.356 e. The fourth-order valence-corrected chi connectivity index (χ4v) is 4.66. The molecule has 4 rings (SSSR count). The molecule has 1 unspecified atom stereocenters. The Hall–Kier alpha value is -3.48. The van der Waals surface area contributed by atoms with Crippen molar-refractivity contribution in [3.8, 4) is 11.1 Å². The van der Waals surface area contributed by atoms with Crippen LogP contribution in [0.25, 0.3) is 11.1 Å². The van der Waals surface area contributed by atoms with Gasteiger partial charge in [-0.15, -0.1) is 0 Å². The van der Waals surface area contributed by atoms with Crippen molar-refractivity contribution < 1.29 is 9.59 Å². The number of hydrogen-bond acceptors (Lipinski definition) is 4. The highest BCUT2D eigenvalue weighted by molar-refractivity contribution is 5.93. The summed E-state index contributed by atoms with van der Waals surface area (Å²) in [5.41, 5.74) is 3.11. The predicted molar refractivity (Wildman–Crippen MR) is 123 cm³/mol. The maximum atomic E-state index is 13.4. The number of nitrogens with one attached hydrogen (secondary N) is 1. The van der Waals surface area contributed by atoms with Crippen LogP contribution in [-0.4, -0.2) is 51.1 Å². The molecule has 7 nitrogen and oxygen atoms in total. The van der Waals surface area contributed by atoms with Gasteiger partial charge in [-0.25, -0.2) is 0 Å². The molecule has 166 valence electrons. The number of nitrogens with zero attached hydrogens (tertiary/aromatic N) is 4. The Morgan fingerprint density at radius 2 is 1.88 bits per heavy atom. The fraction of sp³-hybridized carbons (Fsp3) is 0.360. The molecule has 3 aromatic rings. The normalized spacial score (nSPS) is 18.4. The Balaban J connectivity index is 1.69. The molecule has 1 N–H and O–H groups in total. The van der Waals surface area contributed by atoms with Crippen molar-refractivity contribution in [2.45, 2.75) is 26.2 Å². The lowest BCUT2D eigenvalue weighted by molar-refractivity contribution is -0.133. The number of amides is 2. The van der Waals surface area contributed by atoms with Gasteiger partial charge in [0.25, 0.3) is 5.91 Å². The van der Waals surface area contributed by atoms with E-state index in [1.54, 1.807) is 36.4 Å². The van der Waals surface area contributed by atoms with E-state index in [4.69, 9.17) is 0 Å². The van der Waals surface area contributed by atoms with Crippen molar-refractivity contribution in [1.82, 2.24) is 25.0 Å². The summed E-state index contributed by atoms with van der Waals surface area (Å²) in [5.74, 6) is -0.0761. The van der Waals surface area contributed by atoms with Gasteiger partial charge in [-0.1, -0.05) is 24.3 Å². The topological polar surface area (TPSA) is 80.1 Å².